The third kappa shape index (κ3) is 2.27. The van der Waals surface area contributed by atoms with Crippen molar-refractivity contribution in [1.82, 2.24) is 25.1 Å². The van der Waals surface area contributed by atoms with Crippen molar-refractivity contribution in [2.45, 2.75) is 31.7 Å². The smallest absolute Gasteiger partial charge is 0.322 e. The van der Waals surface area contributed by atoms with Gasteiger partial charge in [-0.2, -0.15) is 0 Å². The van der Waals surface area contributed by atoms with Gasteiger partial charge in [0.25, 0.3) is 11.8 Å². The molecule has 1 unspecified atom stereocenters. The first-order valence-corrected chi connectivity index (χ1v) is 7.57. The predicted octanol–water partition coefficient (Wildman–Crippen LogP) is -0.0853. The molecule has 2 fully saturated rings. The molecule has 8 nitrogen and oxygen atoms in total. The van der Waals surface area contributed by atoms with E-state index >= 15 is 0 Å². The lowest BCUT2D eigenvalue weighted by molar-refractivity contribution is -0.125. The van der Waals surface area contributed by atoms with Gasteiger partial charge in [0.2, 0.25) is 0 Å². The number of aryl methyl sites for hydroxylation is 1. The fourth-order valence-electron chi connectivity index (χ4n) is 2.79. The number of nitrogens with one attached hydrogen (secondary N) is 2. The van der Waals surface area contributed by atoms with E-state index in [0.29, 0.717) is 36.4 Å². The molecule has 112 valence electrons. The number of aromatic nitrogens is 2. The molecule has 3 heterocycles. The molecule has 1 spiro atoms. The van der Waals surface area contributed by atoms with Crippen LogP contribution < -0.4 is 10.6 Å². The number of urea groups is 1. The number of amides is 4. The summed E-state index contributed by atoms with van der Waals surface area (Å²) in [4.78, 5) is 38.0. The molecule has 1 aromatic rings. The number of imide groups is 1. The fourth-order valence-corrected chi connectivity index (χ4v) is 3.51. The van der Waals surface area contributed by atoms with Gasteiger partial charge in [-0.15, -0.1) is 5.10 Å². The van der Waals surface area contributed by atoms with Crippen molar-refractivity contribution in [2.24, 2.45) is 0 Å². The van der Waals surface area contributed by atoms with E-state index in [-0.39, 0.29) is 18.4 Å². The lowest BCUT2D eigenvalue weighted by atomic mass is 9.89. The van der Waals surface area contributed by atoms with E-state index in [1.807, 2.05) is 6.92 Å². The maximum absolute atomic E-state index is 12.6. The fraction of sp³-hybridized carbons (Fsp3) is 0.583. The van der Waals surface area contributed by atoms with Crippen LogP contribution in [0.1, 0.15) is 35.1 Å². The van der Waals surface area contributed by atoms with Crippen LogP contribution in [-0.4, -0.2) is 51.0 Å². The lowest BCUT2D eigenvalue weighted by Gasteiger charge is -2.37. The zero-order chi connectivity index (χ0) is 15.0. The van der Waals surface area contributed by atoms with Crippen LogP contribution in [0.4, 0.5) is 4.79 Å². The van der Waals surface area contributed by atoms with E-state index in [0.717, 1.165) is 11.5 Å². The summed E-state index contributed by atoms with van der Waals surface area (Å²) in [6.45, 7) is 2.66. The molecule has 2 aliphatic rings. The summed E-state index contributed by atoms with van der Waals surface area (Å²) >= 11 is 1.07. The molecule has 0 aliphatic carbocycles. The Bertz CT molecular complexity index is 616. The van der Waals surface area contributed by atoms with Crippen molar-refractivity contribution in [2.75, 3.05) is 13.1 Å². The van der Waals surface area contributed by atoms with Crippen molar-refractivity contribution in [1.29, 1.82) is 0 Å². The predicted molar refractivity (Wildman–Crippen MR) is 73.8 cm³/mol. The van der Waals surface area contributed by atoms with Crippen LogP contribution >= 0.6 is 11.5 Å². The van der Waals surface area contributed by atoms with E-state index < -0.39 is 11.6 Å². The number of carbonyl (C=O) groups is 3. The Kier molecular flexibility index (Phi) is 3.36. The third-order valence-corrected chi connectivity index (χ3v) is 4.64. The zero-order valence-electron chi connectivity index (χ0n) is 11.5. The molecule has 0 bridgehead atoms. The third-order valence-electron chi connectivity index (χ3n) is 3.88. The van der Waals surface area contributed by atoms with Crippen LogP contribution in [-0.2, 0) is 11.2 Å². The molecule has 0 saturated carbocycles. The average molecular weight is 309 g/mol. The van der Waals surface area contributed by atoms with Crippen molar-refractivity contribution in [3.63, 3.8) is 0 Å². The van der Waals surface area contributed by atoms with Gasteiger partial charge in [-0.3, -0.25) is 14.9 Å². The van der Waals surface area contributed by atoms with Crippen molar-refractivity contribution >= 4 is 29.4 Å². The minimum atomic E-state index is -0.991. The first-order valence-electron chi connectivity index (χ1n) is 6.80. The summed E-state index contributed by atoms with van der Waals surface area (Å²) in [5.41, 5.74) is -0.320. The van der Waals surface area contributed by atoms with Gasteiger partial charge < -0.3 is 10.2 Å². The first kappa shape index (κ1) is 13.9. The molecule has 1 aromatic heterocycles. The zero-order valence-corrected chi connectivity index (χ0v) is 12.3. The molecular formula is C12H15N5O3S. The topological polar surface area (TPSA) is 104 Å². The Balaban J connectivity index is 1.82. The van der Waals surface area contributed by atoms with E-state index in [4.69, 9.17) is 0 Å². The second-order valence-corrected chi connectivity index (χ2v) is 5.98. The van der Waals surface area contributed by atoms with Crippen molar-refractivity contribution in [3.05, 3.63) is 10.6 Å². The summed E-state index contributed by atoms with van der Waals surface area (Å²) in [5, 5.41) is 8.84. The van der Waals surface area contributed by atoms with Gasteiger partial charge in [-0.1, -0.05) is 11.4 Å². The maximum atomic E-state index is 12.6. The molecule has 9 heteroatoms. The van der Waals surface area contributed by atoms with Gasteiger partial charge in [-0.25, -0.2) is 4.79 Å². The second-order valence-electron chi connectivity index (χ2n) is 5.22. The highest BCUT2D eigenvalue weighted by Crippen LogP contribution is 2.26. The summed E-state index contributed by atoms with van der Waals surface area (Å²) in [6, 6.07) is -0.497. The Morgan fingerprint density at radius 3 is 2.95 bits per heavy atom. The number of hydrogen-bond acceptors (Lipinski definition) is 6. The molecule has 0 aromatic carbocycles. The normalized spacial score (nSPS) is 25.1. The van der Waals surface area contributed by atoms with Crippen LogP contribution in [0.2, 0.25) is 0 Å². The minimum Gasteiger partial charge on any atom is -0.335 e. The maximum Gasteiger partial charge on any atom is 0.322 e. The van der Waals surface area contributed by atoms with Crippen LogP contribution in [0, 0.1) is 0 Å². The molecule has 1 atom stereocenters. The molecule has 21 heavy (non-hydrogen) atoms. The van der Waals surface area contributed by atoms with Gasteiger partial charge in [0.05, 0.1) is 12.2 Å². The largest absolute Gasteiger partial charge is 0.335 e. The molecule has 0 radical (unpaired) electrons. The number of rotatable bonds is 2. The highest BCUT2D eigenvalue weighted by atomic mass is 32.1. The van der Waals surface area contributed by atoms with E-state index in [9.17, 15) is 14.4 Å². The standard InChI is InChI=1S/C12H15N5O3S/c1-2-7-8(21-16-15-7)9(18)17-5-3-4-12(6-17)10(19)13-11(20)14-12/h2-6H2,1H3,(H2,13,14,19,20). The van der Waals surface area contributed by atoms with Gasteiger partial charge in [-0.05, 0) is 30.8 Å². The number of carbonyl (C=O) groups excluding carboxylic acids is 3. The van der Waals surface area contributed by atoms with E-state index in [2.05, 4.69) is 20.2 Å². The Hall–Kier alpha value is -2.03. The van der Waals surface area contributed by atoms with Crippen molar-refractivity contribution in [3.8, 4) is 0 Å². The van der Waals surface area contributed by atoms with Crippen LogP contribution in [0.5, 0.6) is 0 Å². The monoisotopic (exact) mass is 309 g/mol. The summed E-state index contributed by atoms with van der Waals surface area (Å²) in [6.07, 6.45) is 1.83. The Morgan fingerprint density at radius 1 is 1.48 bits per heavy atom. The van der Waals surface area contributed by atoms with Gasteiger partial charge in [0.1, 0.15) is 10.4 Å². The van der Waals surface area contributed by atoms with Gasteiger partial charge in [0.15, 0.2) is 0 Å². The minimum absolute atomic E-state index is 0.171. The van der Waals surface area contributed by atoms with Gasteiger partial charge >= 0.3 is 6.03 Å². The van der Waals surface area contributed by atoms with Gasteiger partial charge in [0, 0.05) is 6.54 Å². The lowest BCUT2D eigenvalue weighted by Crippen LogP contribution is -2.59. The summed E-state index contributed by atoms with van der Waals surface area (Å²) in [5.74, 6) is -0.530. The second kappa shape index (κ2) is 5.06. The molecule has 2 aliphatic heterocycles. The summed E-state index contributed by atoms with van der Waals surface area (Å²) < 4.78 is 3.82. The van der Waals surface area contributed by atoms with E-state index in [1.54, 1.807) is 4.90 Å². The molecule has 2 N–H and O–H groups in total. The molecular weight excluding hydrogens is 294 g/mol. The summed E-state index contributed by atoms with van der Waals surface area (Å²) in [7, 11) is 0. The van der Waals surface area contributed by atoms with E-state index in [1.165, 1.54) is 0 Å². The average Bonchev–Trinajstić information content (AvgIpc) is 3.03. The molecule has 4 amide bonds. The molecule has 2 saturated heterocycles. The first-order chi connectivity index (χ1) is 10.1. The number of nitrogens with zero attached hydrogens (tertiary/aromatic N) is 3. The van der Waals surface area contributed by atoms with Crippen molar-refractivity contribution < 1.29 is 14.4 Å². The SMILES string of the molecule is CCc1nnsc1C(=O)N1CCCC2(C1)NC(=O)NC2=O. The van der Waals surface area contributed by atoms with Crippen LogP contribution in [0.15, 0.2) is 0 Å². The molecule has 3 rings (SSSR count). The Labute approximate surface area is 125 Å². The highest BCUT2D eigenvalue weighted by molar-refractivity contribution is 7.08. The highest BCUT2D eigenvalue weighted by Gasteiger charge is 2.49. The number of piperidine rings is 1. The van der Waals surface area contributed by atoms with Crippen LogP contribution in [0.3, 0.4) is 0 Å². The van der Waals surface area contributed by atoms with Crippen LogP contribution in [0.25, 0.3) is 0 Å². The number of likely N-dealkylation sites (tertiary alicyclic amines) is 1. The Morgan fingerprint density at radius 2 is 2.29 bits per heavy atom. The number of hydrogen-bond donors (Lipinski definition) is 2. The quantitative estimate of drug-likeness (QED) is 0.743.